The van der Waals surface area contributed by atoms with Crippen LogP contribution in [0.25, 0.3) is 0 Å². The molecule has 1 atom stereocenters. The van der Waals surface area contributed by atoms with E-state index in [-0.39, 0.29) is 6.10 Å². The third-order valence-electron chi connectivity index (χ3n) is 3.82. The largest absolute Gasteiger partial charge is 0.490 e. The Morgan fingerprint density at radius 2 is 1.73 bits per heavy atom. The predicted octanol–water partition coefficient (Wildman–Crippen LogP) is 2.72. The van der Waals surface area contributed by atoms with Crippen molar-refractivity contribution < 1.29 is 14.6 Å². The molecule has 0 amide bonds. The summed E-state index contributed by atoms with van der Waals surface area (Å²) in [5.74, 6) is 1.57. The number of hydrogen-bond donors (Lipinski definition) is 3. The minimum atomic E-state index is -0.323. The zero-order chi connectivity index (χ0) is 18.6. The molecule has 0 saturated heterocycles. The molecule has 0 aliphatic rings. The highest BCUT2D eigenvalue weighted by Gasteiger charge is 2.11. The first-order chi connectivity index (χ1) is 12.7. The van der Waals surface area contributed by atoms with E-state index in [0.29, 0.717) is 26.3 Å². The lowest BCUT2D eigenvalue weighted by Gasteiger charge is -2.17. The van der Waals surface area contributed by atoms with Crippen LogP contribution in [0, 0.1) is 0 Å². The van der Waals surface area contributed by atoms with Crippen molar-refractivity contribution in [2.45, 2.75) is 33.1 Å². The number of hydrogen-bond acceptors (Lipinski definition) is 5. The molecule has 2 rings (SSSR count). The number of benzene rings is 2. The Labute approximate surface area is 156 Å². The molecule has 26 heavy (non-hydrogen) atoms. The van der Waals surface area contributed by atoms with Gasteiger partial charge in [0.05, 0.1) is 12.7 Å². The van der Waals surface area contributed by atoms with E-state index in [0.717, 1.165) is 35.7 Å². The molecule has 0 bridgehead atoms. The number of rotatable bonds is 12. The topological polar surface area (TPSA) is 62.8 Å². The minimum Gasteiger partial charge on any atom is -0.490 e. The van der Waals surface area contributed by atoms with Crippen LogP contribution in [0.4, 0.5) is 0 Å². The zero-order valence-electron chi connectivity index (χ0n) is 15.7. The highest BCUT2D eigenvalue weighted by Crippen LogP contribution is 2.32. The summed E-state index contributed by atoms with van der Waals surface area (Å²) in [6.07, 6.45) is -0.323. The minimum absolute atomic E-state index is 0.323. The van der Waals surface area contributed by atoms with Crippen molar-refractivity contribution >= 4 is 0 Å². The van der Waals surface area contributed by atoms with Crippen LogP contribution in [0.5, 0.6) is 11.5 Å². The third-order valence-corrected chi connectivity index (χ3v) is 3.82. The molecular weight excluding hydrogens is 328 g/mol. The maximum absolute atomic E-state index is 9.24. The third kappa shape index (κ3) is 7.04. The fourth-order valence-corrected chi connectivity index (χ4v) is 2.57. The lowest BCUT2D eigenvalue weighted by atomic mass is 10.1. The van der Waals surface area contributed by atoms with Gasteiger partial charge < -0.3 is 25.2 Å². The predicted molar refractivity (Wildman–Crippen MR) is 105 cm³/mol. The highest BCUT2D eigenvalue weighted by atomic mass is 16.5. The monoisotopic (exact) mass is 358 g/mol. The summed E-state index contributed by atoms with van der Waals surface area (Å²) >= 11 is 0. The molecule has 2 aromatic rings. The first-order valence-electron chi connectivity index (χ1n) is 9.21. The molecule has 0 unspecified atom stereocenters. The molecule has 5 nitrogen and oxygen atoms in total. The molecule has 0 aliphatic heterocycles. The molecular formula is C21H30N2O3. The maximum atomic E-state index is 9.24. The average molecular weight is 358 g/mol. The summed E-state index contributed by atoms with van der Waals surface area (Å²) in [6.45, 7) is 7.76. The second-order valence-electron chi connectivity index (χ2n) is 6.18. The standard InChI is InChI=1S/C21H30N2O3/c1-3-25-20-11-7-10-19(15-23-13-12-22-14-17(2)24)21(20)26-16-18-8-5-4-6-9-18/h4-11,17,22-24H,3,12-16H2,1-2H3/t17-/m0/s1. The first-order valence-corrected chi connectivity index (χ1v) is 9.21. The fourth-order valence-electron chi connectivity index (χ4n) is 2.57. The van der Waals surface area contributed by atoms with E-state index in [1.165, 1.54) is 0 Å². The van der Waals surface area contributed by atoms with Crippen LogP contribution in [0.3, 0.4) is 0 Å². The van der Waals surface area contributed by atoms with Crippen LogP contribution in [0.1, 0.15) is 25.0 Å². The molecule has 142 valence electrons. The first kappa shape index (κ1) is 20.2. The number of ether oxygens (including phenoxy) is 2. The van der Waals surface area contributed by atoms with Crippen LogP contribution in [-0.2, 0) is 13.2 Å². The number of aliphatic hydroxyl groups excluding tert-OH is 1. The Balaban J connectivity index is 1.94. The van der Waals surface area contributed by atoms with Crippen molar-refractivity contribution in [3.63, 3.8) is 0 Å². The lowest BCUT2D eigenvalue weighted by Crippen LogP contribution is -2.31. The summed E-state index contributed by atoms with van der Waals surface area (Å²) in [5.41, 5.74) is 2.20. The van der Waals surface area contributed by atoms with Crippen molar-refractivity contribution in [2.24, 2.45) is 0 Å². The second kappa shape index (κ2) is 11.5. The molecule has 0 radical (unpaired) electrons. The van der Waals surface area contributed by atoms with Crippen LogP contribution in [-0.4, -0.2) is 37.5 Å². The molecule has 2 aromatic carbocycles. The summed E-state index contributed by atoms with van der Waals surface area (Å²) < 4.78 is 11.8. The maximum Gasteiger partial charge on any atom is 0.166 e. The van der Waals surface area contributed by atoms with E-state index in [1.54, 1.807) is 6.92 Å². The summed E-state index contributed by atoms with van der Waals surface area (Å²) in [4.78, 5) is 0. The van der Waals surface area contributed by atoms with Crippen molar-refractivity contribution in [3.05, 3.63) is 59.7 Å². The SMILES string of the molecule is CCOc1cccc(CNCCNC[C@H](C)O)c1OCc1ccccc1. The Bertz CT molecular complexity index is 632. The Kier molecular flexibility index (Phi) is 8.96. The van der Waals surface area contributed by atoms with Gasteiger partial charge in [0.15, 0.2) is 11.5 Å². The van der Waals surface area contributed by atoms with Gasteiger partial charge in [-0.25, -0.2) is 0 Å². The van der Waals surface area contributed by atoms with Gasteiger partial charge in [-0.2, -0.15) is 0 Å². The van der Waals surface area contributed by atoms with E-state index in [2.05, 4.69) is 28.8 Å². The number of aliphatic hydroxyl groups is 1. The molecule has 3 N–H and O–H groups in total. The number of para-hydroxylation sites is 1. The van der Waals surface area contributed by atoms with E-state index in [9.17, 15) is 5.11 Å². The number of nitrogens with one attached hydrogen (secondary N) is 2. The van der Waals surface area contributed by atoms with Crippen LogP contribution >= 0.6 is 0 Å². The van der Waals surface area contributed by atoms with Gasteiger partial charge in [-0.3, -0.25) is 0 Å². The fraction of sp³-hybridized carbons (Fsp3) is 0.429. The van der Waals surface area contributed by atoms with E-state index in [4.69, 9.17) is 9.47 Å². The van der Waals surface area contributed by atoms with Gasteiger partial charge in [0.2, 0.25) is 0 Å². The van der Waals surface area contributed by atoms with Crippen molar-refractivity contribution in [2.75, 3.05) is 26.2 Å². The van der Waals surface area contributed by atoms with Gasteiger partial charge in [-0.1, -0.05) is 42.5 Å². The summed E-state index contributed by atoms with van der Waals surface area (Å²) in [5, 5.41) is 15.8. The summed E-state index contributed by atoms with van der Waals surface area (Å²) in [6, 6.07) is 16.1. The Morgan fingerprint density at radius 1 is 0.962 bits per heavy atom. The normalized spacial score (nSPS) is 12.0. The molecule has 0 spiro atoms. The smallest absolute Gasteiger partial charge is 0.166 e. The molecule has 0 saturated carbocycles. The molecule has 0 aromatic heterocycles. The van der Waals surface area contributed by atoms with E-state index < -0.39 is 0 Å². The average Bonchev–Trinajstić information content (AvgIpc) is 2.64. The van der Waals surface area contributed by atoms with Gasteiger partial charge in [-0.05, 0) is 25.5 Å². The molecule has 0 fully saturated rings. The molecule has 5 heteroatoms. The lowest BCUT2D eigenvalue weighted by molar-refractivity contribution is 0.191. The van der Waals surface area contributed by atoms with Crippen LogP contribution in [0.2, 0.25) is 0 Å². The van der Waals surface area contributed by atoms with Gasteiger partial charge in [-0.15, -0.1) is 0 Å². The highest BCUT2D eigenvalue weighted by molar-refractivity contribution is 5.46. The van der Waals surface area contributed by atoms with Gasteiger partial charge in [0.25, 0.3) is 0 Å². The molecule has 0 aliphatic carbocycles. The van der Waals surface area contributed by atoms with E-state index in [1.807, 2.05) is 37.3 Å². The molecule has 0 heterocycles. The van der Waals surface area contributed by atoms with Crippen molar-refractivity contribution in [1.82, 2.24) is 10.6 Å². The van der Waals surface area contributed by atoms with Crippen molar-refractivity contribution in [3.8, 4) is 11.5 Å². The van der Waals surface area contributed by atoms with Gasteiger partial charge in [0.1, 0.15) is 6.61 Å². The van der Waals surface area contributed by atoms with E-state index >= 15 is 0 Å². The quantitative estimate of drug-likeness (QED) is 0.509. The van der Waals surface area contributed by atoms with Crippen molar-refractivity contribution in [1.29, 1.82) is 0 Å². The Hall–Kier alpha value is -2.08. The zero-order valence-corrected chi connectivity index (χ0v) is 15.7. The summed E-state index contributed by atoms with van der Waals surface area (Å²) in [7, 11) is 0. The second-order valence-corrected chi connectivity index (χ2v) is 6.18. The Morgan fingerprint density at radius 3 is 2.46 bits per heavy atom. The van der Waals surface area contributed by atoms with Crippen LogP contribution in [0.15, 0.2) is 48.5 Å². The van der Waals surface area contributed by atoms with Gasteiger partial charge >= 0.3 is 0 Å². The van der Waals surface area contributed by atoms with Gasteiger partial charge in [0, 0.05) is 31.7 Å². The van der Waals surface area contributed by atoms with Crippen LogP contribution < -0.4 is 20.1 Å².